The van der Waals surface area contributed by atoms with Crippen LogP contribution in [0.4, 0.5) is 5.69 Å². The Morgan fingerprint density at radius 2 is 1.71 bits per heavy atom. The van der Waals surface area contributed by atoms with Gasteiger partial charge in [0.05, 0.1) is 17.7 Å². The molecule has 0 saturated heterocycles. The van der Waals surface area contributed by atoms with E-state index in [1.54, 1.807) is 30.3 Å². The minimum Gasteiger partial charge on any atom is -0.494 e. The molecule has 2 N–H and O–H groups in total. The first-order valence-electron chi connectivity index (χ1n) is 9.33. The number of nitrogens with zero attached hydrogens (tertiary/aromatic N) is 1. The third kappa shape index (κ3) is 6.07. The minimum atomic E-state index is -3.77. The molecule has 0 saturated carbocycles. The Labute approximate surface area is 185 Å². The highest BCUT2D eigenvalue weighted by atomic mass is 35.5. The second-order valence-electron chi connectivity index (χ2n) is 6.31. The molecule has 0 aromatic heterocycles. The van der Waals surface area contributed by atoms with Gasteiger partial charge in [0, 0.05) is 21.8 Å². The highest BCUT2D eigenvalue weighted by molar-refractivity contribution is 7.92. The average Bonchev–Trinajstić information content (AvgIpc) is 2.76. The maximum Gasteiger partial charge on any atom is 0.271 e. The largest absolute Gasteiger partial charge is 0.494 e. The molecule has 3 aromatic carbocycles. The quantitative estimate of drug-likeness (QED) is 0.389. The Morgan fingerprint density at radius 3 is 2.35 bits per heavy atom. The van der Waals surface area contributed by atoms with Crippen molar-refractivity contribution in [2.75, 3.05) is 11.3 Å². The molecule has 7 nitrogen and oxygen atoms in total. The van der Waals surface area contributed by atoms with E-state index in [0.29, 0.717) is 34.2 Å². The van der Waals surface area contributed by atoms with Crippen molar-refractivity contribution in [3.05, 3.63) is 88.9 Å². The van der Waals surface area contributed by atoms with Crippen molar-refractivity contribution in [1.82, 2.24) is 5.43 Å². The second-order valence-corrected chi connectivity index (χ2v) is 8.40. The summed E-state index contributed by atoms with van der Waals surface area (Å²) >= 11 is 6.03. The number of carbonyl (C=O) groups is 1. The van der Waals surface area contributed by atoms with Crippen molar-refractivity contribution < 1.29 is 17.9 Å². The number of hydrogen-bond acceptors (Lipinski definition) is 5. The standard InChI is InChI=1S/C22H20ClN3O4S/c1-2-30-19-11-13-20(14-12-19)31(28,29)26-18-9-7-16(8-10-18)22(27)25-24-15-17-5-3-4-6-21(17)23/h3-15,26H,2H2,1H3,(H,25,27). The fourth-order valence-electron chi connectivity index (χ4n) is 2.59. The molecular weight excluding hydrogens is 438 g/mol. The van der Waals surface area contributed by atoms with Gasteiger partial charge in [0.25, 0.3) is 15.9 Å². The molecular formula is C22H20ClN3O4S. The summed E-state index contributed by atoms with van der Waals surface area (Å²) < 4.78 is 32.9. The maximum atomic E-state index is 12.5. The van der Waals surface area contributed by atoms with Crippen LogP contribution in [0.1, 0.15) is 22.8 Å². The summed E-state index contributed by atoms with van der Waals surface area (Å²) in [6, 6.07) is 19.2. The minimum absolute atomic E-state index is 0.103. The maximum absolute atomic E-state index is 12.5. The molecule has 9 heteroatoms. The van der Waals surface area contributed by atoms with Gasteiger partial charge in [-0.2, -0.15) is 5.10 Å². The lowest BCUT2D eigenvalue weighted by Crippen LogP contribution is -2.18. The van der Waals surface area contributed by atoms with Gasteiger partial charge in [0.1, 0.15) is 5.75 Å². The molecule has 0 radical (unpaired) electrons. The van der Waals surface area contributed by atoms with Gasteiger partial charge in [0.2, 0.25) is 0 Å². The first-order chi connectivity index (χ1) is 14.9. The molecule has 0 aliphatic heterocycles. The lowest BCUT2D eigenvalue weighted by atomic mass is 10.2. The van der Waals surface area contributed by atoms with Crippen molar-refractivity contribution in [2.24, 2.45) is 5.10 Å². The van der Waals surface area contributed by atoms with Crippen LogP contribution in [0.2, 0.25) is 5.02 Å². The smallest absolute Gasteiger partial charge is 0.271 e. The predicted molar refractivity (Wildman–Crippen MR) is 121 cm³/mol. The van der Waals surface area contributed by atoms with Crippen LogP contribution < -0.4 is 14.9 Å². The van der Waals surface area contributed by atoms with Crippen LogP contribution in [0, 0.1) is 0 Å². The van der Waals surface area contributed by atoms with E-state index < -0.39 is 15.9 Å². The van der Waals surface area contributed by atoms with Crippen LogP contribution in [0.3, 0.4) is 0 Å². The molecule has 3 rings (SSSR count). The van der Waals surface area contributed by atoms with Gasteiger partial charge in [-0.3, -0.25) is 9.52 Å². The number of rotatable bonds is 8. The molecule has 1 amide bonds. The number of benzene rings is 3. The van der Waals surface area contributed by atoms with Crippen LogP contribution >= 0.6 is 11.6 Å². The van der Waals surface area contributed by atoms with Crippen LogP contribution in [0.5, 0.6) is 5.75 Å². The Balaban J connectivity index is 1.62. The normalized spacial score (nSPS) is 11.3. The number of hydrogen-bond donors (Lipinski definition) is 2. The first kappa shape index (κ1) is 22.3. The van der Waals surface area contributed by atoms with Crippen molar-refractivity contribution in [3.63, 3.8) is 0 Å². The van der Waals surface area contributed by atoms with Crippen molar-refractivity contribution in [1.29, 1.82) is 0 Å². The Hall–Kier alpha value is -3.36. The fraction of sp³-hybridized carbons (Fsp3) is 0.0909. The predicted octanol–water partition coefficient (Wildman–Crippen LogP) is 4.30. The summed E-state index contributed by atoms with van der Waals surface area (Å²) in [5, 5.41) is 4.41. The Morgan fingerprint density at radius 1 is 1.03 bits per heavy atom. The SMILES string of the molecule is CCOc1ccc(S(=O)(=O)Nc2ccc(C(=O)NN=Cc3ccccc3Cl)cc2)cc1. The van der Waals surface area contributed by atoms with Crippen molar-refractivity contribution in [2.45, 2.75) is 11.8 Å². The van der Waals surface area contributed by atoms with Crippen LogP contribution in [-0.4, -0.2) is 27.1 Å². The number of hydrazone groups is 1. The molecule has 3 aromatic rings. The Kier molecular flexibility index (Phi) is 7.28. The van der Waals surface area contributed by atoms with Gasteiger partial charge in [-0.25, -0.2) is 13.8 Å². The average molecular weight is 458 g/mol. The molecule has 31 heavy (non-hydrogen) atoms. The van der Waals surface area contributed by atoms with Crippen LogP contribution in [0.25, 0.3) is 0 Å². The molecule has 0 heterocycles. The zero-order valence-corrected chi connectivity index (χ0v) is 18.2. The third-order valence-corrected chi connectivity index (χ3v) is 5.86. The number of amides is 1. The molecule has 160 valence electrons. The number of nitrogens with one attached hydrogen (secondary N) is 2. The summed E-state index contributed by atoms with van der Waals surface area (Å²) in [6.45, 7) is 2.34. The van der Waals surface area contributed by atoms with E-state index >= 15 is 0 Å². The lowest BCUT2D eigenvalue weighted by Gasteiger charge is -2.09. The monoisotopic (exact) mass is 457 g/mol. The molecule has 0 spiro atoms. The van der Waals surface area contributed by atoms with Gasteiger partial charge in [-0.05, 0) is 61.5 Å². The Bertz CT molecular complexity index is 1180. The number of anilines is 1. The number of sulfonamides is 1. The van der Waals surface area contributed by atoms with Gasteiger partial charge in [-0.15, -0.1) is 0 Å². The summed E-state index contributed by atoms with van der Waals surface area (Å²) in [4.78, 5) is 12.3. The molecule has 0 atom stereocenters. The summed E-state index contributed by atoms with van der Waals surface area (Å²) in [6.07, 6.45) is 1.44. The molecule has 0 fully saturated rings. The number of halogens is 1. The van der Waals surface area contributed by atoms with Gasteiger partial charge in [-0.1, -0.05) is 29.8 Å². The van der Waals surface area contributed by atoms with Gasteiger partial charge in [0.15, 0.2) is 0 Å². The van der Waals surface area contributed by atoms with E-state index in [1.165, 1.54) is 42.6 Å². The molecule has 0 aliphatic rings. The van der Waals surface area contributed by atoms with Crippen LogP contribution in [-0.2, 0) is 10.0 Å². The van der Waals surface area contributed by atoms with E-state index in [2.05, 4.69) is 15.2 Å². The van der Waals surface area contributed by atoms with E-state index in [0.717, 1.165) is 0 Å². The lowest BCUT2D eigenvalue weighted by molar-refractivity contribution is 0.0955. The topological polar surface area (TPSA) is 96.9 Å². The fourth-order valence-corrected chi connectivity index (χ4v) is 3.83. The van der Waals surface area contributed by atoms with Gasteiger partial charge < -0.3 is 4.74 Å². The third-order valence-electron chi connectivity index (χ3n) is 4.12. The van der Waals surface area contributed by atoms with Gasteiger partial charge >= 0.3 is 0 Å². The summed E-state index contributed by atoms with van der Waals surface area (Å²) in [5.41, 5.74) is 3.72. The first-order valence-corrected chi connectivity index (χ1v) is 11.2. The second kappa shape index (κ2) is 10.1. The van der Waals surface area contributed by atoms with Crippen molar-refractivity contribution >= 4 is 39.4 Å². The molecule has 0 bridgehead atoms. The highest BCUT2D eigenvalue weighted by Gasteiger charge is 2.14. The zero-order chi connectivity index (χ0) is 22.3. The van der Waals surface area contributed by atoms with Crippen molar-refractivity contribution in [3.8, 4) is 5.75 Å². The zero-order valence-electron chi connectivity index (χ0n) is 16.6. The van der Waals surface area contributed by atoms with Crippen LogP contribution in [0.15, 0.2) is 82.8 Å². The van der Waals surface area contributed by atoms with E-state index in [4.69, 9.17) is 16.3 Å². The number of ether oxygens (including phenoxy) is 1. The number of carbonyl (C=O) groups excluding carboxylic acids is 1. The molecule has 0 aliphatic carbocycles. The summed E-state index contributed by atoms with van der Waals surface area (Å²) in [7, 11) is -3.77. The molecule has 0 unspecified atom stereocenters. The van der Waals surface area contributed by atoms with E-state index in [9.17, 15) is 13.2 Å². The summed E-state index contributed by atoms with van der Waals surface area (Å²) in [5.74, 6) is 0.151. The van der Waals surface area contributed by atoms with E-state index in [1.807, 2.05) is 13.0 Å². The highest BCUT2D eigenvalue weighted by Crippen LogP contribution is 2.20. The van der Waals surface area contributed by atoms with E-state index in [-0.39, 0.29) is 4.90 Å².